The molecule has 1 aromatic carbocycles. The average Bonchev–Trinajstić information content (AvgIpc) is 2.53. The second-order valence-corrected chi connectivity index (χ2v) is 7.58. The maximum absolute atomic E-state index is 12.5. The molecule has 2 rings (SSSR count). The van der Waals surface area contributed by atoms with Gasteiger partial charge in [0.15, 0.2) is 0 Å². The van der Waals surface area contributed by atoms with Gasteiger partial charge < -0.3 is 10.1 Å². The second-order valence-electron chi connectivity index (χ2n) is 6.73. The van der Waals surface area contributed by atoms with Crippen molar-refractivity contribution < 1.29 is 14.3 Å². The molecule has 1 amide bonds. The molecule has 1 fully saturated rings. The molecule has 1 aliphatic carbocycles. The minimum absolute atomic E-state index is 0.0959. The monoisotopic (exact) mass is 371 g/mol. The summed E-state index contributed by atoms with van der Waals surface area (Å²) < 4.78 is 4.97. The normalized spacial score (nSPS) is 26.7. The quantitative estimate of drug-likeness (QED) is 0.813. The molecule has 3 atom stereocenters. The smallest absolute Gasteiger partial charge is 0.331 e. The zero-order valence-corrected chi connectivity index (χ0v) is 15.7. The first-order valence-corrected chi connectivity index (χ1v) is 8.86. The zero-order valence-electron chi connectivity index (χ0n) is 14.2. The highest BCUT2D eigenvalue weighted by Gasteiger charge is 2.45. The number of methoxy groups -OCH3 is 1. The van der Waals surface area contributed by atoms with E-state index in [1.54, 1.807) is 18.2 Å². The Morgan fingerprint density at radius 1 is 1.29 bits per heavy atom. The van der Waals surface area contributed by atoms with Crippen molar-refractivity contribution in [1.29, 1.82) is 0 Å². The highest BCUT2D eigenvalue weighted by Crippen LogP contribution is 2.37. The Labute approximate surface area is 152 Å². The number of esters is 1. The van der Waals surface area contributed by atoms with Crippen LogP contribution >= 0.6 is 23.2 Å². The van der Waals surface area contributed by atoms with Crippen LogP contribution in [0.3, 0.4) is 0 Å². The van der Waals surface area contributed by atoms with Crippen molar-refractivity contribution >= 4 is 35.1 Å². The van der Waals surface area contributed by atoms with Crippen LogP contribution in [0.1, 0.15) is 38.7 Å². The van der Waals surface area contributed by atoms with Crippen LogP contribution in [0.2, 0.25) is 10.0 Å². The molecule has 132 valence electrons. The Balaban J connectivity index is 2.14. The number of halogens is 2. The minimum Gasteiger partial charge on any atom is -0.467 e. The Morgan fingerprint density at radius 3 is 2.58 bits per heavy atom. The fraction of sp³-hybridized carbons (Fsp3) is 0.556. The van der Waals surface area contributed by atoms with E-state index in [-0.39, 0.29) is 18.3 Å². The minimum atomic E-state index is -0.948. The van der Waals surface area contributed by atoms with Gasteiger partial charge in [0.05, 0.1) is 13.5 Å². The Bertz CT molecular complexity index is 635. The number of hydrogen-bond acceptors (Lipinski definition) is 3. The zero-order chi connectivity index (χ0) is 17.9. The number of nitrogens with one attached hydrogen (secondary N) is 1. The molecule has 0 aromatic heterocycles. The van der Waals surface area contributed by atoms with E-state index >= 15 is 0 Å². The van der Waals surface area contributed by atoms with E-state index in [4.69, 9.17) is 27.9 Å². The van der Waals surface area contributed by atoms with E-state index in [1.807, 2.05) is 0 Å². The van der Waals surface area contributed by atoms with Crippen LogP contribution < -0.4 is 5.32 Å². The molecule has 1 N–H and O–H groups in total. The molecule has 0 saturated heterocycles. The van der Waals surface area contributed by atoms with Gasteiger partial charge in [-0.15, -0.1) is 0 Å². The molecule has 0 spiro atoms. The van der Waals surface area contributed by atoms with E-state index in [0.717, 1.165) is 6.42 Å². The van der Waals surface area contributed by atoms with Gasteiger partial charge >= 0.3 is 5.97 Å². The number of carbonyl (C=O) groups excluding carboxylic acids is 2. The summed E-state index contributed by atoms with van der Waals surface area (Å²) in [4.78, 5) is 24.9. The van der Waals surface area contributed by atoms with Crippen molar-refractivity contribution in [3.05, 3.63) is 33.8 Å². The molecule has 0 bridgehead atoms. The van der Waals surface area contributed by atoms with Gasteiger partial charge in [0.2, 0.25) is 5.91 Å². The van der Waals surface area contributed by atoms with Crippen molar-refractivity contribution in [2.24, 2.45) is 11.8 Å². The molecule has 0 aliphatic heterocycles. The van der Waals surface area contributed by atoms with Crippen molar-refractivity contribution in [1.82, 2.24) is 5.32 Å². The van der Waals surface area contributed by atoms with E-state index in [2.05, 4.69) is 19.2 Å². The molecular formula is C18H23Cl2NO3. The van der Waals surface area contributed by atoms with Gasteiger partial charge in [-0.25, -0.2) is 4.79 Å². The lowest BCUT2D eigenvalue weighted by Gasteiger charge is -2.41. The largest absolute Gasteiger partial charge is 0.467 e. The average molecular weight is 372 g/mol. The predicted molar refractivity (Wildman–Crippen MR) is 95.2 cm³/mol. The molecule has 3 unspecified atom stereocenters. The number of carbonyl (C=O) groups is 2. The van der Waals surface area contributed by atoms with Crippen molar-refractivity contribution in [2.75, 3.05) is 7.11 Å². The van der Waals surface area contributed by atoms with Gasteiger partial charge in [-0.05, 0) is 48.8 Å². The van der Waals surface area contributed by atoms with Crippen molar-refractivity contribution in [3.8, 4) is 0 Å². The van der Waals surface area contributed by atoms with Gasteiger partial charge in [-0.2, -0.15) is 0 Å². The van der Waals surface area contributed by atoms with Gasteiger partial charge in [0, 0.05) is 10.0 Å². The number of benzene rings is 1. The lowest BCUT2D eigenvalue weighted by Crippen LogP contribution is -2.58. The number of amides is 1. The van der Waals surface area contributed by atoms with Crippen LogP contribution in [0.4, 0.5) is 0 Å². The van der Waals surface area contributed by atoms with Gasteiger partial charge in [0.1, 0.15) is 5.54 Å². The summed E-state index contributed by atoms with van der Waals surface area (Å²) in [5.74, 6) is 0.228. The Kier molecular flexibility index (Phi) is 6.16. The van der Waals surface area contributed by atoms with Crippen LogP contribution in [0, 0.1) is 11.8 Å². The molecule has 4 nitrogen and oxygen atoms in total. The molecule has 0 heterocycles. The van der Waals surface area contributed by atoms with Crippen LogP contribution in [0.15, 0.2) is 18.2 Å². The number of rotatable bonds is 4. The van der Waals surface area contributed by atoms with E-state index < -0.39 is 5.54 Å². The molecule has 1 aliphatic rings. The van der Waals surface area contributed by atoms with Crippen LogP contribution in [-0.2, 0) is 20.7 Å². The first-order chi connectivity index (χ1) is 11.3. The van der Waals surface area contributed by atoms with E-state index in [1.165, 1.54) is 7.11 Å². The third-order valence-corrected chi connectivity index (χ3v) is 5.58. The van der Waals surface area contributed by atoms with Gasteiger partial charge in [-0.3, -0.25) is 4.79 Å². The Morgan fingerprint density at radius 2 is 2.00 bits per heavy atom. The summed E-state index contributed by atoms with van der Waals surface area (Å²) in [5.41, 5.74) is -0.271. The summed E-state index contributed by atoms with van der Waals surface area (Å²) in [5, 5.41) is 3.88. The molecule has 0 radical (unpaired) electrons. The maximum Gasteiger partial charge on any atom is 0.331 e. The first kappa shape index (κ1) is 19.1. The molecule has 1 saturated carbocycles. The van der Waals surface area contributed by atoms with Gasteiger partial charge in [-0.1, -0.05) is 43.1 Å². The highest BCUT2D eigenvalue weighted by atomic mass is 35.5. The van der Waals surface area contributed by atoms with E-state index in [9.17, 15) is 9.59 Å². The van der Waals surface area contributed by atoms with Crippen molar-refractivity contribution in [3.63, 3.8) is 0 Å². The molecule has 6 heteroatoms. The molecule has 1 aromatic rings. The molecular weight excluding hydrogens is 349 g/mol. The second kappa shape index (κ2) is 7.75. The third-order valence-electron chi connectivity index (χ3n) is 4.99. The summed E-state index contributed by atoms with van der Waals surface area (Å²) in [6, 6.07) is 5.02. The Hall–Kier alpha value is -1.26. The summed E-state index contributed by atoms with van der Waals surface area (Å²) in [6.07, 6.45) is 2.14. The number of ether oxygens (including phenoxy) is 1. The predicted octanol–water partition coefficient (Wildman–Crippen LogP) is 4.02. The summed E-state index contributed by atoms with van der Waals surface area (Å²) in [6.45, 7) is 4.27. The first-order valence-electron chi connectivity index (χ1n) is 8.11. The molecule has 24 heavy (non-hydrogen) atoms. The van der Waals surface area contributed by atoms with Crippen LogP contribution in [0.25, 0.3) is 0 Å². The topological polar surface area (TPSA) is 55.4 Å². The van der Waals surface area contributed by atoms with Gasteiger partial charge in [0.25, 0.3) is 0 Å². The number of hydrogen-bond donors (Lipinski definition) is 1. The fourth-order valence-electron chi connectivity index (χ4n) is 3.31. The summed E-state index contributed by atoms with van der Waals surface area (Å²) in [7, 11) is 1.36. The summed E-state index contributed by atoms with van der Waals surface area (Å²) >= 11 is 12.0. The fourth-order valence-corrected chi connectivity index (χ4v) is 3.78. The highest BCUT2D eigenvalue weighted by molar-refractivity contribution is 6.35. The lowest BCUT2D eigenvalue weighted by molar-refractivity contribution is -0.154. The standard InChI is InChI=1S/C18H23Cl2NO3/c1-11-6-7-18(10-12(11)2,17(23)24-3)21-16(22)8-13-4-5-14(19)9-15(13)20/h4-5,9,11-12H,6-8,10H2,1-3H3,(H,21,22). The third kappa shape index (κ3) is 4.22. The van der Waals surface area contributed by atoms with Crippen LogP contribution in [0.5, 0.6) is 0 Å². The van der Waals surface area contributed by atoms with Crippen LogP contribution in [-0.4, -0.2) is 24.5 Å². The van der Waals surface area contributed by atoms with Crippen molar-refractivity contribution in [2.45, 2.75) is 45.1 Å². The lowest BCUT2D eigenvalue weighted by atomic mass is 9.71. The van der Waals surface area contributed by atoms with E-state index in [0.29, 0.717) is 40.3 Å². The maximum atomic E-state index is 12.5. The SMILES string of the molecule is COC(=O)C1(NC(=O)Cc2ccc(Cl)cc2Cl)CCC(C)C(C)C1.